The summed E-state index contributed by atoms with van der Waals surface area (Å²) in [4.78, 5) is 38.8. The van der Waals surface area contributed by atoms with Gasteiger partial charge in [-0.15, -0.1) is 0 Å². The molecule has 172 valence electrons. The molecule has 31 heavy (non-hydrogen) atoms. The first-order chi connectivity index (χ1) is 14.5. The Kier molecular flexibility index (Phi) is 7.99. The number of nitrogens with zero attached hydrogens (tertiary/aromatic N) is 2. The van der Waals surface area contributed by atoms with Crippen molar-refractivity contribution in [2.45, 2.75) is 38.5 Å². The molecular formula is C20H26F3N3O5. The highest BCUT2D eigenvalue weighted by atomic mass is 19.4. The molecule has 1 aromatic heterocycles. The smallest absolute Gasteiger partial charge is 0.475 e. The van der Waals surface area contributed by atoms with Gasteiger partial charge in [-0.3, -0.25) is 14.6 Å². The Bertz CT molecular complexity index is 780. The van der Waals surface area contributed by atoms with Crippen LogP contribution in [0.2, 0.25) is 0 Å². The lowest BCUT2D eigenvalue weighted by molar-refractivity contribution is -0.192. The quantitative estimate of drug-likeness (QED) is 0.719. The van der Waals surface area contributed by atoms with Crippen LogP contribution < -0.4 is 5.32 Å². The Morgan fingerprint density at radius 1 is 1.35 bits per heavy atom. The molecule has 2 fully saturated rings. The second kappa shape index (κ2) is 10.1. The van der Waals surface area contributed by atoms with Gasteiger partial charge in [-0.2, -0.15) is 13.2 Å². The van der Waals surface area contributed by atoms with Crippen molar-refractivity contribution in [3.8, 4) is 0 Å². The zero-order chi connectivity index (χ0) is 23.2. The van der Waals surface area contributed by atoms with Gasteiger partial charge in [-0.25, -0.2) is 4.79 Å². The van der Waals surface area contributed by atoms with Gasteiger partial charge in [0.2, 0.25) is 5.91 Å². The number of aliphatic carboxylic acids is 1. The van der Waals surface area contributed by atoms with E-state index in [9.17, 15) is 22.8 Å². The van der Waals surface area contributed by atoms with E-state index in [2.05, 4.69) is 10.3 Å². The van der Waals surface area contributed by atoms with Gasteiger partial charge in [-0.1, -0.05) is 13.8 Å². The third-order valence-corrected chi connectivity index (χ3v) is 5.27. The summed E-state index contributed by atoms with van der Waals surface area (Å²) < 4.78 is 37.7. The number of rotatable bonds is 5. The zero-order valence-corrected chi connectivity index (χ0v) is 17.3. The minimum Gasteiger partial charge on any atom is -0.475 e. The second-order valence-electron chi connectivity index (χ2n) is 7.84. The molecule has 11 heteroatoms. The number of ether oxygens (including phenoxy) is 1. The summed E-state index contributed by atoms with van der Waals surface area (Å²) in [7, 11) is 0. The topological polar surface area (TPSA) is 109 Å². The van der Waals surface area contributed by atoms with E-state index in [1.165, 1.54) is 0 Å². The average molecular weight is 445 g/mol. The fourth-order valence-corrected chi connectivity index (χ4v) is 3.62. The van der Waals surface area contributed by atoms with Crippen LogP contribution in [0.4, 0.5) is 13.2 Å². The van der Waals surface area contributed by atoms with Gasteiger partial charge in [0.15, 0.2) is 0 Å². The number of pyridine rings is 1. The summed E-state index contributed by atoms with van der Waals surface area (Å²) in [6.07, 6.45) is -0.00375. The number of nitrogens with one attached hydrogen (secondary N) is 1. The first-order valence-corrected chi connectivity index (χ1v) is 9.87. The van der Waals surface area contributed by atoms with E-state index in [1.54, 1.807) is 24.5 Å². The number of hydrogen-bond acceptors (Lipinski definition) is 5. The predicted molar refractivity (Wildman–Crippen MR) is 103 cm³/mol. The normalized spacial score (nSPS) is 19.4. The number of aromatic nitrogens is 1. The SMILES string of the molecule is CC(C)C(=O)N1CC2(C1)OCCC2CCNC(=O)c1cccnc1.O=C(O)C(F)(F)F. The largest absolute Gasteiger partial charge is 0.490 e. The summed E-state index contributed by atoms with van der Waals surface area (Å²) >= 11 is 0. The molecular weight excluding hydrogens is 419 g/mol. The number of carboxylic acids is 1. The molecule has 0 aliphatic carbocycles. The Labute approximate surface area is 177 Å². The number of halogens is 3. The molecule has 2 N–H and O–H groups in total. The van der Waals surface area contributed by atoms with E-state index < -0.39 is 12.1 Å². The molecule has 0 radical (unpaired) electrons. The monoisotopic (exact) mass is 445 g/mol. The molecule has 8 nitrogen and oxygen atoms in total. The van der Waals surface area contributed by atoms with Crippen LogP contribution in [0.5, 0.6) is 0 Å². The van der Waals surface area contributed by atoms with E-state index in [1.807, 2.05) is 18.7 Å². The first-order valence-electron chi connectivity index (χ1n) is 9.87. The molecule has 0 bridgehead atoms. The number of amides is 2. The van der Waals surface area contributed by atoms with Crippen molar-refractivity contribution in [2.75, 3.05) is 26.2 Å². The lowest BCUT2D eigenvalue weighted by atomic mass is 9.78. The maximum absolute atomic E-state index is 12.0. The molecule has 1 spiro atoms. The molecule has 2 amide bonds. The molecule has 1 atom stereocenters. The summed E-state index contributed by atoms with van der Waals surface area (Å²) in [6, 6.07) is 3.51. The molecule has 0 saturated carbocycles. The Hall–Kier alpha value is -2.69. The summed E-state index contributed by atoms with van der Waals surface area (Å²) in [5.74, 6) is -2.24. The van der Waals surface area contributed by atoms with Crippen LogP contribution in [-0.4, -0.2) is 70.8 Å². The third kappa shape index (κ3) is 6.39. The van der Waals surface area contributed by atoms with Gasteiger partial charge >= 0.3 is 12.1 Å². The fraction of sp³-hybridized carbons (Fsp3) is 0.600. The van der Waals surface area contributed by atoms with Gasteiger partial charge < -0.3 is 20.1 Å². The van der Waals surface area contributed by atoms with E-state index in [-0.39, 0.29) is 23.3 Å². The summed E-state index contributed by atoms with van der Waals surface area (Å²) in [6.45, 7) is 6.57. The molecule has 1 unspecified atom stereocenters. The minimum atomic E-state index is -5.08. The zero-order valence-electron chi connectivity index (χ0n) is 17.3. The highest BCUT2D eigenvalue weighted by molar-refractivity contribution is 5.93. The molecule has 3 rings (SSSR count). The van der Waals surface area contributed by atoms with Crippen LogP contribution in [0.15, 0.2) is 24.5 Å². The molecule has 2 aliphatic heterocycles. The van der Waals surface area contributed by atoms with Crippen LogP contribution >= 0.6 is 0 Å². The fourth-order valence-electron chi connectivity index (χ4n) is 3.62. The van der Waals surface area contributed by atoms with Gasteiger partial charge in [-0.05, 0) is 30.9 Å². The standard InChI is InChI=1S/C18H25N3O3.C2HF3O2/c1-13(2)17(23)21-11-18(12-21)15(6-9-24-18)5-8-20-16(22)14-4-3-7-19-10-14;3-2(4,5)1(6)7/h3-4,7,10,13,15H,5-6,8-9,11-12H2,1-2H3,(H,20,22);(H,6,7). The maximum Gasteiger partial charge on any atom is 0.490 e. The maximum atomic E-state index is 12.0. The average Bonchev–Trinajstić information content (AvgIpc) is 3.10. The van der Waals surface area contributed by atoms with E-state index in [0.717, 1.165) is 19.4 Å². The van der Waals surface area contributed by atoms with Crippen LogP contribution in [-0.2, 0) is 14.3 Å². The number of carbonyl (C=O) groups excluding carboxylic acids is 2. The Morgan fingerprint density at radius 3 is 2.52 bits per heavy atom. The highest BCUT2D eigenvalue weighted by Gasteiger charge is 2.54. The van der Waals surface area contributed by atoms with Crippen molar-refractivity contribution in [3.63, 3.8) is 0 Å². The van der Waals surface area contributed by atoms with Gasteiger partial charge in [0.25, 0.3) is 5.91 Å². The van der Waals surface area contributed by atoms with Gasteiger partial charge in [0, 0.05) is 31.5 Å². The lowest BCUT2D eigenvalue weighted by Gasteiger charge is -2.50. The summed E-state index contributed by atoms with van der Waals surface area (Å²) in [5, 5.41) is 10.1. The number of carbonyl (C=O) groups is 3. The van der Waals surface area contributed by atoms with Crippen molar-refractivity contribution in [1.29, 1.82) is 0 Å². The van der Waals surface area contributed by atoms with Gasteiger partial charge in [0.05, 0.1) is 18.7 Å². The molecule has 0 aromatic carbocycles. The lowest BCUT2D eigenvalue weighted by Crippen LogP contribution is -2.66. The predicted octanol–water partition coefficient (Wildman–Crippen LogP) is 2.11. The van der Waals surface area contributed by atoms with E-state index >= 15 is 0 Å². The van der Waals surface area contributed by atoms with Crippen LogP contribution in [0.1, 0.15) is 37.0 Å². The molecule has 1 aromatic rings. The highest BCUT2D eigenvalue weighted by Crippen LogP contribution is 2.41. The van der Waals surface area contributed by atoms with Crippen molar-refractivity contribution < 1.29 is 37.4 Å². The number of hydrogen-bond donors (Lipinski definition) is 2. The van der Waals surface area contributed by atoms with Crippen LogP contribution in [0, 0.1) is 11.8 Å². The van der Waals surface area contributed by atoms with E-state index in [0.29, 0.717) is 31.1 Å². The number of alkyl halides is 3. The molecule has 2 saturated heterocycles. The van der Waals surface area contributed by atoms with Gasteiger partial charge in [0.1, 0.15) is 5.60 Å². The molecule has 3 heterocycles. The van der Waals surface area contributed by atoms with Crippen LogP contribution in [0.3, 0.4) is 0 Å². The van der Waals surface area contributed by atoms with Crippen molar-refractivity contribution in [1.82, 2.24) is 15.2 Å². The van der Waals surface area contributed by atoms with E-state index in [4.69, 9.17) is 14.6 Å². The Morgan fingerprint density at radius 2 is 2.00 bits per heavy atom. The van der Waals surface area contributed by atoms with Crippen molar-refractivity contribution >= 4 is 17.8 Å². The van der Waals surface area contributed by atoms with Crippen LogP contribution in [0.25, 0.3) is 0 Å². The number of likely N-dealkylation sites (tertiary alicyclic amines) is 1. The minimum absolute atomic E-state index is 0.0287. The Balaban J connectivity index is 0.000000423. The second-order valence-corrected chi connectivity index (χ2v) is 7.84. The molecule has 2 aliphatic rings. The first kappa shape index (κ1) is 24.6. The van der Waals surface area contributed by atoms with Crippen molar-refractivity contribution in [3.05, 3.63) is 30.1 Å². The third-order valence-electron chi connectivity index (χ3n) is 5.27. The van der Waals surface area contributed by atoms with Crippen molar-refractivity contribution in [2.24, 2.45) is 11.8 Å². The summed E-state index contributed by atoms with van der Waals surface area (Å²) in [5.41, 5.74) is 0.385. The number of carboxylic acid groups (broad SMARTS) is 1.